The maximum atomic E-state index is 13.2. The van der Waals surface area contributed by atoms with E-state index in [0.717, 1.165) is 23.5 Å². The second-order valence-corrected chi connectivity index (χ2v) is 7.05. The molecule has 1 aliphatic heterocycles. The second kappa shape index (κ2) is 7.88. The molecule has 1 saturated heterocycles. The first-order valence-corrected chi connectivity index (χ1v) is 8.98. The van der Waals surface area contributed by atoms with E-state index in [2.05, 4.69) is 10.2 Å². The summed E-state index contributed by atoms with van der Waals surface area (Å²) in [6.07, 6.45) is 1.17. The third-order valence-corrected chi connectivity index (χ3v) is 5.20. The third-order valence-electron chi connectivity index (χ3n) is 4.26. The van der Waals surface area contributed by atoms with Crippen molar-refractivity contribution in [2.75, 3.05) is 19.6 Å². The molecule has 2 N–H and O–H groups in total. The highest BCUT2D eigenvalue weighted by atomic mass is 32.1. The molecule has 1 aromatic carbocycles. The Morgan fingerprint density at radius 1 is 1.29 bits per heavy atom. The van der Waals surface area contributed by atoms with Crippen LogP contribution in [0.25, 0.3) is 0 Å². The van der Waals surface area contributed by atoms with Crippen molar-refractivity contribution in [3.63, 3.8) is 0 Å². The average Bonchev–Trinajstić information content (AvgIpc) is 3.10. The molecule has 0 radical (unpaired) electrons. The van der Waals surface area contributed by atoms with Crippen molar-refractivity contribution in [1.29, 1.82) is 0 Å². The van der Waals surface area contributed by atoms with Gasteiger partial charge in [0.15, 0.2) is 0 Å². The van der Waals surface area contributed by atoms with E-state index in [1.165, 1.54) is 12.1 Å². The van der Waals surface area contributed by atoms with Gasteiger partial charge in [0.2, 0.25) is 5.91 Å². The zero-order valence-corrected chi connectivity index (χ0v) is 14.1. The van der Waals surface area contributed by atoms with Gasteiger partial charge in [-0.2, -0.15) is 0 Å². The number of carbonyl (C=O) groups excluding carboxylic acids is 1. The van der Waals surface area contributed by atoms with Gasteiger partial charge >= 0.3 is 0 Å². The predicted octanol–water partition coefficient (Wildman–Crippen LogP) is 2.55. The molecule has 1 amide bonds. The van der Waals surface area contributed by atoms with E-state index < -0.39 is 0 Å². The molecule has 1 fully saturated rings. The summed E-state index contributed by atoms with van der Waals surface area (Å²) in [6.45, 7) is 1.78. The Balaban J connectivity index is 1.68. The predicted molar refractivity (Wildman–Crippen MR) is 92.4 cm³/mol. The van der Waals surface area contributed by atoms with E-state index in [9.17, 15) is 14.3 Å². The van der Waals surface area contributed by atoms with Crippen LogP contribution in [-0.4, -0.2) is 41.7 Å². The summed E-state index contributed by atoms with van der Waals surface area (Å²) >= 11 is 1.56. The molecule has 2 aromatic rings. The Morgan fingerprint density at radius 2 is 2.00 bits per heavy atom. The zero-order chi connectivity index (χ0) is 16.9. The number of amides is 1. The van der Waals surface area contributed by atoms with Gasteiger partial charge in [0.1, 0.15) is 5.82 Å². The maximum Gasteiger partial charge on any atom is 0.234 e. The lowest BCUT2D eigenvalue weighted by atomic mass is 10.0. The lowest BCUT2D eigenvalue weighted by Gasteiger charge is -2.29. The van der Waals surface area contributed by atoms with Crippen LogP contribution < -0.4 is 5.32 Å². The summed E-state index contributed by atoms with van der Waals surface area (Å²) in [6, 6.07) is 9.87. The largest absolute Gasteiger partial charge is 0.393 e. The lowest BCUT2D eigenvalue weighted by molar-refractivity contribution is -0.123. The van der Waals surface area contributed by atoms with Gasteiger partial charge in [0, 0.05) is 18.0 Å². The molecule has 1 atom stereocenters. The Labute approximate surface area is 144 Å². The molecule has 0 bridgehead atoms. The number of thiophene rings is 1. The Kier molecular flexibility index (Phi) is 5.60. The first-order valence-electron chi connectivity index (χ1n) is 8.10. The van der Waals surface area contributed by atoms with E-state index in [0.29, 0.717) is 19.4 Å². The first-order chi connectivity index (χ1) is 11.6. The molecule has 0 unspecified atom stereocenters. The molecule has 1 aliphatic rings. The molecule has 3 rings (SSSR count). The fourth-order valence-corrected chi connectivity index (χ4v) is 3.72. The SMILES string of the molecule is O=C(CN1CCC(O)CC1)N[C@@H](c1ccc(F)cc1)c1cccs1. The van der Waals surface area contributed by atoms with Crippen LogP contribution in [0, 0.1) is 5.82 Å². The number of hydrogen-bond acceptors (Lipinski definition) is 4. The fourth-order valence-electron chi connectivity index (χ4n) is 2.92. The van der Waals surface area contributed by atoms with Gasteiger partial charge in [0.05, 0.1) is 18.7 Å². The van der Waals surface area contributed by atoms with Crippen LogP contribution in [0.4, 0.5) is 4.39 Å². The molecule has 0 saturated carbocycles. The molecule has 1 aromatic heterocycles. The number of hydrogen-bond donors (Lipinski definition) is 2. The van der Waals surface area contributed by atoms with Crippen LogP contribution in [0.3, 0.4) is 0 Å². The number of likely N-dealkylation sites (tertiary alicyclic amines) is 1. The molecular weight excluding hydrogens is 327 g/mol. The van der Waals surface area contributed by atoms with Gasteiger partial charge in [-0.1, -0.05) is 18.2 Å². The van der Waals surface area contributed by atoms with Crippen molar-refractivity contribution in [3.05, 3.63) is 58.0 Å². The molecule has 24 heavy (non-hydrogen) atoms. The number of nitrogens with zero attached hydrogens (tertiary/aromatic N) is 1. The number of benzene rings is 1. The molecule has 6 heteroatoms. The summed E-state index contributed by atoms with van der Waals surface area (Å²) in [5, 5.41) is 14.6. The van der Waals surface area contributed by atoms with Crippen molar-refractivity contribution < 1.29 is 14.3 Å². The van der Waals surface area contributed by atoms with Crippen LogP contribution in [0.1, 0.15) is 29.3 Å². The van der Waals surface area contributed by atoms with Gasteiger partial charge in [0.25, 0.3) is 0 Å². The van der Waals surface area contributed by atoms with Crippen LogP contribution in [-0.2, 0) is 4.79 Å². The molecule has 4 nitrogen and oxygen atoms in total. The summed E-state index contributed by atoms with van der Waals surface area (Å²) in [7, 11) is 0. The number of piperidine rings is 1. The van der Waals surface area contributed by atoms with E-state index in [1.54, 1.807) is 23.5 Å². The zero-order valence-electron chi connectivity index (χ0n) is 13.3. The van der Waals surface area contributed by atoms with Crippen molar-refractivity contribution in [3.8, 4) is 0 Å². The quantitative estimate of drug-likeness (QED) is 0.873. The number of carbonyl (C=O) groups is 1. The Bertz CT molecular complexity index is 652. The van der Waals surface area contributed by atoms with Crippen LogP contribution in [0.2, 0.25) is 0 Å². The van der Waals surface area contributed by atoms with Crippen LogP contribution >= 0.6 is 11.3 Å². The van der Waals surface area contributed by atoms with Crippen LogP contribution in [0.5, 0.6) is 0 Å². The van der Waals surface area contributed by atoms with E-state index in [-0.39, 0.29) is 23.9 Å². The van der Waals surface area contributed by atoms with Crippen molar-refractivity contribution in [1.82, 2.24) is 10.2 Å². The minimum atomic E-state index is -0.290. The average molecular weight is 348 g/mol. The lowest BCUT2D eigenvalue weighted by Crippen LogP contribution is -2.43. The highest BCUT2D eigenvalue weighted by Crippen LogP contribution is 2.26. The van der Waals surface area contributed by atoms with Gasteiger partial charge in [-0.3, -0.25) is 9.69 Å². The van der Waals surface area contributed by atoms with Crippen LogP contribution in [0.15, 0.2) is 41.8 Å². The van der Waals surface area contributed by atoms with Crippen molar-refractivity contribution in [2.45, 2.75) is 25.0 Å². The number of halogens is 1. The van der Waals surface area contributed by atoms with E-state index in [4.69, 9.17) is 0 Å². The van der Waals surface area contributed by atoms with Crippen molar-refractivity contribution >= 4 is 17.2 Å². The van der Waals surface area contributed by atoms with E-state index >= 15 is 0 Å². The summed E-state index contributed by atoms with van der Waals surface area (Å²) < 4.78 is 13.2. The molecular formula is C18H21FN2O2S. The van der Waals surface area contributed by atoms with Gasteiger partial charge in [-0.25, -0.2) is 4.39 Å². The van der Waals surface area contributed by atoms with Gasteiger partial charge in [-0.05, 0) is 42.0 Å². The highest BCUT2D eigenvalue weighted by molar-refractivity contribution is 7.10. The van der Waals surface area contributed by atoms with Gasteiger partial charge in [-0.15, -0.1) is 11.3 Å². The standard InChI is InChI=1S/C18H21FN2O2S/c19-14-5-3-13(4-6-14)18(16-2-1-11-24-16)20-17(23)12-21-9-7-15(22)8-10-21/h1-6,11,15,18,22H,7-10,12H2,(H,20,23)/t18-/m0/s1. The molecule has 128 valence electrons. The summed E-state index contributed by atoms with van der Waals surface area (Å²) in [5.41, 5.74) is 0.862. The Morgan fingerprint density at radius 3 is 2.62 bits per heavy atom. The maximum absolute atomic E-state index is 13.2. The summed E-state index contributed by atoms with van der Waals surface area (Å²) in [4.78, 5) is 15.5. The minimum absolute atomic E-state index is 0.0610. The smallest absolute Gasteiger partial charge is 0.234 e. The Hall–Kier alpha value is -1.76. The van der Waals surface area contributed by atoms with Crippen molar-refractivity contribution in [2.24, 2.45) is 0 Å². The topological polar surface area (TPSA) is 52.6 Å². The number of nitrogens with one attached hydrogen (secondary N) is 1. The highest BCUT2D eigenvalue weighted by Gasteiger charge is 2.22. The number of aliphatic hydroxyl groups excluding tert-OH is 1. The monoisotopic (exact) mass is 348 g/mol. The number of rotatable bonds is 5. The fraction of sp³-hybridized carbons (Fsp3) is 0.389. The van der Waals surface area contributed by atoms with E-state index in [1.807, 2.05) is 17.5 Å². The molecule has 0 spiro atoms. The third kappa shape index (κ3) is 4.41. The normalized spacial score (nSPS) is 17.6. The molecule has 2 heterocycles. The second-order valence-electron chi connectivity index (χ2n) is 6.07. The van der Waals surface area contributed by atoms with Gasteiger partial charge < -0.3 is 10.4 Å². The summed E-state index contributed by atoms with van der Waals surface area (Å²) in [5.74, 6) is -0.351. The first kappa shape index (κ1) is 17.1. The number of aliphatic hydroxyl groups is 1. The minimum Gasteiger partial charge on any atom is -0.393 e. The molecule has 0 aliphatic carbocycles.